The summed E-state index contributed by atoms with van der Waals surface area (Å²) in [5.41, 5.74) is 1.27. The Labute approximate surface area is 144 Å². The SMILES string of the molecule is CCCOc1ccc2ccccc2c1CNCCN1CCOCC1. The van der Waals surface area contributed by atoms with Crippen LogP contribution in [0.4, 0.5) is 0 Å². The summed E-state index contributed by atoms with van der Waals surface area (Å²) in [5.74, 6) is 1.01. The largest absolute Gasteiger partial charge is 0.493 e. The number of morpholine rings is 1. The molecular formula is C20H28N2O2. The minimum absolute atomic E-state index is 0.763. The van der Waals surface area contributed by atoms with E-state index in [9.17, 15) is 0 Å². The molecule has 0 radical (unpaired) electrons. The first-order valence-electron chi connectivity index (χ1n) is 9.02. The van der Waals surface area contributed by atoms with Gasteiger partial charge in [0.2, 0.25) is 0 Å². The Morgan fingerprint density at radius 1 is 1.12 bits per heavy atom. The fourth-order valence-electron chi connectivity index (χ4n) is 3.12. The molecular weight excluding hydrogens is 300 g/mol. The van der Waals surface area contributed by atoms with Crippen molar-refractivity contribution in [3.63, 3.8) is 0 Å². The first kappa shape index (κ1) is 17.2. The van der Waals surface area contributed by atoms with Crippen molar-refractivity contribution in [2.75, 3.05) is 46.0 Å². The number of hydrogen-bond acceptors (Lipinski definition) is 4. The number of nitrogens with one attached hydrogen (secondary N) is 1. The van der Waals surface area contributed by atoms with E-state index in [-0.39, 0.29) is 0 Å². The van der Waals surface area contributed by atoms with Gasteiger partial charge in [-0.15, -0.1) is 0 Å². The zero-order valence-electron chi connectivity index (χ0n) is 14.6. The van der Waals surface area contributed by atoms with Crippen LogP contribution < -0.4 is 10.1 Å². The minimum atomic E-state index is 0.763. The second-order valence-corrected chi connectivity index (χ2v) is 6.24. The molecule has 0 unspecified atom stereocenters. The van der Waals surface area contributed by atoms with Gasteiger partial charge in [0, 0.05) is 38.3 Å². The van der Waals surface area contributed by atoms with E-state index in [0.29, 0.717) is 0 Å². The van der Waals surface area contributed by atoms with Crippen LogP contribution in [-0.4, -0.2) is 50.9 Å². The quantitative estimate of drug-likeness (QED) is 0.755. The van der Waals surface area contributed by atoms with Crippen LogP contribution in [0.3, 0.4) is 0 Å². The van der Waals surface area contributed by atoms with E-state index in [1.807, 2.05) is 0 Å². The highest BCUT2D eigenvalue weighted by Gasteiger charge is 2.11. The molecule has 24 heavy (non-hydrogen) atoms. The molecule has 0 amide bonds. The fourth-order valence-corrected chi connectivity index (χ4v) is 3.12. The van der Waals surface area contributed by atoms with Crippen LogP contribution in [0.15, 0.2) is 36.4 Å². The number of fused-ring (bicyclic) bond motifs is 1. The summed E-state index contributed by atoms with van der Waals surface area (Å²) in [7, 11) is 0. The smallest absolute Gasteiger partial charge is 0.124 e. The maximum atomic E-state index is 5.97. The molecule has 1 saturated heterocycles. The summed E-state index contributed by atoms with van der Waals surface area (Å²) in [4.78, 5) is 2.45. The molecule has 1 N–H and O–H groups in total. The third-order valence-electron chi connectivity index (χ3n) is 4.47. The van der Waals surface area contributed by atoms with Gasteiger partial charge in [-0.25, -0.2) is 0 Å². The molecule has 0 spiro atoms. The molecule has 0 aromatic heterocycles. The maximum Gasteiger partial charge on any atom is 0.124 e. The van der Waals surface area contributed by atoms with Gasteiger partial charge in [-0.2, -0.15) is 0 Å². The molecule has 0 aliphatic carbocycles. The second kappa shape index (κ2) is 9.02. The Balaban J connectivity index is 1.64. The summed E-state index contributed by atoms with van der Waals surface area (Å²) in [6.45, 7) is 9.60. The summed E-state index contributed by atoms with van der Waals surface area (Å²) < 4.78 is 11.4. The topological polar surface area (TPSA) is 33.7 Å². The van der Waals surface area contributed by atoms with Crippen LogP contribution in [-0.2, 0) is 11.3 Å². The molecule has 1 fully saturated rings. The van der Waals surface area contributed by atoms with Crippen LogP contribution in [0.1, 0.15) is 18.9 Å². The highest BCUT2D eigenvalue weighted by atomic mass is 16.5. The fraction of sp³-hybridized carbons (Fsp3) is 0.500. The summed E-state index contributed by atoms with van der Waals surface area (Å²) in [6.07, 6.45) is 1.02. The van der Waals surface area contributed by atoms with Crippen molar-refractivity contribution in [2.24, 2.45) is 0 Å². The first-order valence-corrected chi connectivity index (χ1v) is 9.02. The predicted octanol–water partition coefficient (Wildman–Crippen LogP) is 3.05. The first-order chi connectivity index (χ1) is 11.9. The van der Waals surface area contributed by atoms with Gasteiger partial charge >= 0.3 is 0 Å². The predicted molar refractivity (Wildman–Crippen MR) is 98.7 cm³/mol. The molecule has 2 aromatic carbocycles. The van der Waals surface area contributed by atoms with Crippen molar-refractivity contribution in [3.8, 4) is 5.75 Å². The molecule has 1 heterocycles. The van der Waals surface area contributed by atoms with E-state index in [4.69, 9.17) is 9.47 Å². The summed E-state index contributed by atoms with van der Waals surface area (Å²) >= 11 is 0. The zero-order valence-corrected chi connectivity index (χ0v) is 14.6. The van der Waals surface area contributed by atoms with Crippen LogP contribution in [0.5, 0.6) is 5.75 Å². The number of rotatable bonds is 8. The maximum absolute atomic E-state index is 5.97. The molecule has 130 valence electrons. The lowest BCUT2D eigenvalue weighted by atomic mass is 10.0. The van der Waals surface area contributed by atoms with E-state index in [1.54, 1.807) is 0 Å². The third-order valence-corrected chi connectivity index (χ3v) is 4.47. The lowest BCUT2D eigenvalue weighted by Crippen LogP contribution is -2.40. The number of benzene rings is 2. The molecule has 1 aliphatic heterocycles. The van der Waals surface area contributed by atoms with Gasteiger partial charge in [-0.3, -0.25) is 4.90 Å². The van der Waals surface area contributed by atoms with Crippen LogP contribution in [0, 0.1) is 0 Å². The van der Waals surface area contributed by atoms with Gasteiger partial charge in [0.1, 0.15) is 5.75 Å². The Bertz CT molecular complexity index is 639. The lowest BCUT2D eigenvalue weighted by Gasteiger charge is -2.26. The second-order valence-electron chi connectivity index (χ2n) is 6.24. The number of nitrogens with zero attached hydrogens (tertiary/aromatic N) is 1. The Morgan fingerprint density at radius 2 is 1.96 bits per heavy atom. The average molecular weight is 328 g/mol. The van der Waals surface area contributed by atoms with Gasteiger partial charge in [0.25, 0.3) is 0 Å². The normalized spacial score (nSPS) is 15.7. The van der Waals surface area contributed by atoms with Crippen molar-refractivity contribution >= 4 is 10.8 Å². The highest BCUT2D eigenvalue weighted by Crippen LogP contribution is 2.28. The number of ether oxygens (including phenoxy) is 2. The van der Waals surface area contributed by atoms with E-state index in [1.165, 1.54) is 16.3 Å². The van der Waals surface area contributed by atoms with Crippen LogP contribution in [0.25, 0.3) is 10.8 Å². The van der Waals surface area contributed by atoms with Gasteiger partial charge in [-0.1, -0.05) is 37.3 Å². The van der Waals surface area contributed by atoms with Crippen molar-refractivity contribution in [2.45, 2.75) is 19.9 Å². The molecule has 1 aliphatic rings. The molecule has 0 atom stereocenters. The third kappa shape index (κ3) is 4.47. The van der Waals surface area contributed by atoms with E-state index < -0.39 is 0 Å². The van der Waals surface area contributed by atoms with E-state index in [0.717, 1.165) is 64.7 Å². The molecule has 0 saturated carbocycles. The monoisotopic (exact) mass is 328 g/mol. The van der Waals surface area contributed by atoms with Gasteiger partial charge in [-0.05, 0) is 23.3 Å². The van der Waals surface area contributed by atoms with Crippen molar-refractivity contribution in [3.05, 3.63) is 42.0 Å². The summed E-state index contributed by atoms with van der Waals surface area (Å²) in [6, 6.07) is 12.8. The Hall–Kier alpha value is -1.62. The van der Waals surface area contributed by atoms with E-state index >= 15 is 0 Å². The van der Waals surface area contributed by atoms with Crippen LogP contribution >= 0.6 is 0 Å². The Morgan fingerprint density at radius 3 is 2.79 bits per heavy atom. The standard InChI is InChI=1S/C20H28N2O2/c1-2-13-24-20-8-7-17-5-3-4-6-18(17)19(20)16-21-9-10-22-11-14-23-15-12-22/h3-8,21H,2,9-16H2,1H3. The van der Waals surface area contributed by atoms with Gasteiger partial charge in [0.05, 0.1) is 19.8 Å². The van der Waals surface area contributed by atoms with Crippen molar-refractivity contribution in [1.29, 1.82) is 0 Å². The van der Waals surface area contributed by atoms with Crippen molar-refractivity contribution < 1.29 is 9.47 Å². The average Bonchev–Trinajstić information content (AvgIpc) is 2.65. The summed E-state index contributed by atoms with van der Waals surface area (Å²) in [5, 5.41) is 6.15. The van der Waals surface area contributed by atoms with Crippen LogP contribution in [0.2, 0.25) is 0 Å². The molecule has 4 nitrogen and oxygen atoms in total. The molecule has 2 aromatic rings. The molecule has 4 heteroatoms. The van der Waals surface area contributed by atoms with Crippen molar-refractivity contribution in [1.82, 2.24) is 10.2 Å². The van der Waals surface area contributed by atoms with Gasteiger partial charge in [0.15, 0.2) is 0 Å². The Kier molecular flexibility index (Phi) is 6.47. The molecule has 3 rings (SSSR count). The minimum Gasteiger partial charge on any atom is -0.493 e. The number of hydrogen-bond donors (Lipinski definition) is 1. The lowest BCUT2D eigenvalue weighted by molar-refractivity contribution is 0.0384. The van der Waals surface area contributed by atoms with E-state index in [2.05, 4.69) is 53.5 Å². The highest BCUT2D eigenvalue weighted by molar-refractivity contribution is 5.87. The van der Waals surface area contributed by atoms with Gasteiger partial charge < -0.3 is 14.8 Å². The zero-order chi connectivity index (χ0) is 16.6. The molecule has 0 bridgehead atoms.